The van der Waals surface area contributed by atoms with Crippen LogP contribution in [0.2, 0.25) is 0 Å². The van der Waals surface area contributed by atoms with E-state index < -0.39 is 27.6 Å². The van der Waals surface area contributed by atoms with Crippen LogP contribution in [0.3, 0.4) is 0 Å². The summed E-state index contributed by atoms with van der Waals surface area (Å²) in [6, 6.07) is 2.34. The van der Waals surface area contributed by atoms with Gasteiger partial charge in [-0.25, -0.2) is 17.2 Å². The molecule has 0 unspecified atom stereocenters. The summed E-state index contributed by atoms with van der Waals surface area (Å²) in [5.74, 6) is -2.92. The lowest BCUT2D eigenvalue weighted by Crippen LogP contribution is -2.33. The highest BCUT2D eigenvalue weighted by Crippen LogP contribution is 2.18. The van der Waals surface area contributed by atoms with Crippen molar-refractivity contribution in [2.24, 2.45) is 0 Å². The summed E-state index contributed by atoms with van der Waals surface area (Å²) in [7, 11) is -2.78. The van der Waals surface area contributed by atoms with Gasteiger partial charge in [0.2, 0.25) is 10.0 Å². The van der Waals surface area contributed by atoms with Crippen LogP contribution in [0.4, 0.5) is 8.78 Å². The molecular formula is C12H15F2NO4S. The van der Waals surface area contributed by atoms with Gasteiger partial charge in [0.15, 0.2) is 11.6 Å². The molecule has 1 aromatic carbocycles. The molecule has 0 atom stereocenters. The Morgan fingerprint density at radius 3 is 2.45 bits per heavy atom. The van der Waals surface area contributed by atoms with E-state index in [0.717, 1.165) is 16.4 Å². The van der Waals surface area contributed by atoms with Gasteiger partial charge in [-0.1, -0.05) is 6.92 Å². The highest BCUT2D eigenvalue weighted by molar-refractivity contribution is 7.89. The Kier molecular flexibility index (Phi) is 5.58. The van der Waals surface area contributed by atoms with Gasteiger partial charge in [0.25, 0.3) is 0 Å². The summed E-state index contributed by atoms with van der Waals surface area (Å²) in [4.78, 5) is 10.7. The molecule has 5 nitrogen and oxygen atoms in total. The molecule has 0 radical (unpaired) electrons. The fraction of sp³-hybridized carbons (Fsp3) is 0.417. The van der Waals surface area contributed by atoms with Crippen LogP contribution < -0.4 is 0 Å². The van der Waals surface area contributed by atoms with Gasteiger partial charge in [0.05, 0.1) is 18.4 Å². The van der Waals surface area contributed by atoms with E-state index in [9.17, 15) is 22.0 Å². The van der Waals surface area contributed by atoms with E-state index >= 15 is 0 Å². The van der Waals surface area contributed by atoms with E-state index in [1.54, 1.807) is 6.92 Å². The molecule has 8 heteroatoms. The number of rotatable bonds is 6. The van der Waals surface area contributed by atoms with Crippen molar-refractivity contribution in [1.82, 2.24) is 4.31 Å². The van der Waals surface area contributed by atoms with Crippen molar-refractivity contribution in [2.75, 3.05) is 20.2 Å². The Bertz CT molecular complexity index is 589. The number of methoxy groups -OCH3 is 1. The lowest BCUT2D eigenvalue weighted by Gasteiger charge is -2.20. The molecule has 0 aliphatic carbocycles. The monoisotopic (exact) mass is 307 g/mol. The first kappa shape index (κ1) is 16.5. The average Bonchev–Trinajstić information content (AvgIpc) is 2.41. The van der Waals surface area contributed by atoms with Gasteiger partial charge in [-0.3, -0.25) is 4.79 Å². The number of halogens is 2. The summed E-state index contributed by atoms with van der Waals surface area (Å²) in [5.41, 5.74) is 0. The SMILES string of the molecule is CCN(CCC(=O)OC)S(=O)(=O)c1ccc(F)c(F)c1. The predicted octanol–water partition coefficient (Wildman–Crippen LogP) is 1.54. The Morgan fingerprint density at radius 1 is 1.30 bits per heavy atom. The topological polar surface area (TPSA) is 63.7 Å². The van der Waals surface area contributed by atoms with Crippen molar-refractivity contribution in [2.45, 2.75) is 18.2 Å². The summed E-state index contributed by atoms with van der Waals surface area (Å²) in [6.07, 6.45) is -0.118. The normalized spacial score (nSPS) is 11.7. The Balaban J connectivity index is 2.99. The molecular weight excluding hydrogens is 292 g/mol. The molecule has 0 heterocycles. The van der Waals surface area contributed by atoms with E-state index in [2.05, 4.69) is 4.74 Å². The van der Waals surface area contributed by atoms with Crippen LogP contribution >= 0.6 is 0 Å². The maximum Gasteiger partial charge on any atom is 0.306 e. The van der Waals surface area contributed by atoms with Crippen molar-refractivity contribution in [3.63, 3.8) is 0 Å². The minimum Gasteiger partial charge on any atom is -0.469 e. The van der Waals surface area contributed by atoms with Gasteiger partial charge in [-0.05, 0) is 18.2 Å². The zero-order chi connectivity index (χ0) is 15.3. The fourth-order valence-corrected chi connectivity index (χ4v) is 3.01. The van der Waals surface area contributed by atoms with Crippen LogP contribution in [-0.4, -0.2) is 38.9 Å². The highest BCUT2D eigenvalue weighted by Gasteiger charge is 2.24. The zero-order valence-electron chi connectivity index (χ0n) is 11.1. The fourth-order valence-electron chi connectivity index (χ4n) is 1.55. The summed E-state index contributed by atoms with van der Waals surface area (Å²) in [6.45, 7) is 1.58. The molecule has 1 rings (SSSR count). The second-order valence-corrected chi connectivity index (χ2v) is 5.84. The number of carbonyl (C=O) groups is 1. The number of carbonyl (C=O) groups excluding carboxylic acids is 1. The average molecular weight is 307 g/mol. The number of benzene rings is 1. The van der Waals surface area contributed by atoms with Crippen molar-refractivity contribution < 1.29 is 26.7 Å². The lowest BCUT2D eigenvalue weighted by molar-refractivity contribution is -0.140. The molecule has 112 valence electrons. The number of nitrogens with zero attached hydrogens (tertiary/aromatic N) is 1. The van der Waals surface area contributed by atoms with E-state index in [0.29, 0.717) is 6.07 Å². The molecule has 0 bridgehead atoms. The standard InChI is InChI=1S/C12H15F2NO4S/c1-3-15(7-6-12(16)19-2)20(17,18)9-4-5-10(13)11(14)8-9/h4-5,8H,3,6-7H2,1-2H3. The third-order valence-corrected chi connectivity index (χ3v) is 4.64. The van der Waals surface area contributed by atoms with Gasteiger partial charge in [-0.2, -0.15) is 4.31 Å². The van der Waals surface area contributed by atoms with E-state index in [4.69, 9.17) is 0 Å². The Hall–Kier alpha value is -1.54. The van der Waals surface area contributed by atoms with Crippen LogP contribution in [0, 0.1) is 11.6 Å². The number of sulfonamides is 1. The van der Waals surface area contributed by atoms with Gasteiger partial charge in [0.1, 0.15) is 0 Å². The van der Waals surface area contributed by atoms with Gasteiger partial charge >= 0.3 is 5.97 Å². The van der Waals surface area contributed by atoms with Crippen molar-refractivity contribution in [1.29, 1.82) is 0 Å². The van der Waals surface area contributed by atoms with Gasteiger partial charge in [-0.15, -0.1) is 0 Å². The Labute approximate surface area is 116 Å². The summed E-state index contributed by atoms with van der Waals surface area (Å²) < 4.78 is 55.8. The molecule has 0 fully saturated rings. The maximum atomic E-state index is 13.1. The third-order valence-electron chi connectivity index (χ3n) is 2.67. The van der Waals surface area contributed by atoms with Crippen LogP contribution in [0.1, 0.15) is 13.3 Å². The molecule has 0 saturated heterocycles. The first-order valence-corrected chi connectivity index (χ1v) is 7.29. The molecule has 0 amide bonds. The molecule has 0 saturated carbocycles. The first-order chi connectivity index (χ1) is 9.32. The summed E-state index contributed by atoms with van der Waals surface area (Å²) >= 11 is 0. The quantitative estimate of drug-likeness (QED) is 0.748. The van der Waals surface area contributed by atoms with Gasteiger partial charge in [0, 0.05) is 13.1 Å². The van der Waals surface area contributed by atoms with Crippen LogP contribution in [0.5, 0.6) is 0 Å². The van der Waals surface area contributed by atoms with Gasteiger partial charge < -0.3 is 4.74 Å². The minimum atomic E-state index is -3.98. The Morgan fingerprint density at radius 2 is 1.95 bits per heavy atom. The zero-order valence-corrected chi connectivity index (χ0v) is 11.9. The smallest absolute Gasteiger partial charge is 0.306 e. The number of hydrogen-bond donors (Lipinski definition) is 0. The lowest BCUT2D eigenvalue weighted by atomic mass is 10.3. The molecule has 0 spiro atoms. The number of esters is 1. The van der Waals surface area contributed by atoms with Crippen LogP contribution in [0.25, 0.3) is 0 Å². The number of ether oxygens (including phenoxy) is 1. The van der Waals surface area contributed by atoms with E-state index in [-0.39, 0.29) is 24.4 Å². The van der Waals surface area contributed by atoms with Crippen molar-refractivity contribution >= 4 is 16.0 Å². The summed E-state index contributed by atoms with van der Waals surface area (Å²) in [5, 5.41) is 0. The second kappa shape index (κ2) is 6.76. The second-order valence-electron chi connectivity index (χ2n) is 3.90. The van der Waals surface area contributed by atoms with Crippen molar-refractivity contribution in [3.8, 4) is 0 Å². The third kappa shape index (κ3) is 3.73. The van der Waals surface area contributed by atoms with Crippen molar-refractivity contribution in [3.05, 3.63) is 29.8 Å². The predicted molar refractivity (Wildman–Crippen MR) is 67.4 cm³/mol. The molecule has 0 N–H and O–H groups in total. The molecule has 0 aromatic heterocycles. The molecule has 0 aliphatic rings. The molecule has 20 heavy (non-hydrogen) atoms. The maximum absolute atomic E-state index is 13.1. The van der Waals surface area contributed by atoms with E-state index in [1.165, 1.54) is 7.11 Å². The number of hydrogen-bond acceptors (Lipinski definition) is 4. The van der Waals surface area contributed by atoms with Crippen LogP contribution in [-0.2, 0) is 19.6 Å². The largest absolute Gasteiger partial charge is 0.469 e. The highest BCUT2D eigenvalue weighted by atomic mass is 32.2. The minimum absolute atomic E-state index is 0.0928. The molecule has 0 aliphatic heterocycles. The molecule has 1 aromatic rings. The first-order valence-electron chi connectivity index (χ1n) is 5.85. The van der Waals surface area contributed by atoms with E-state index in [1.807, 2.05) is 0 Å². The van der Waals surface area contributed by atoms with Crippen LogP contribution in [0.15, 0.2) is 23.1 Å².